The summed E-state index contributed by atoms with van der Waals surface area (Å²) < 4.78 is 0. The topological polar surface area (TPSA) is 74.6 Å². The molecule has 0 saturated heterocycles. The zero-order chi connectivity index (χ0) is 18.9. The lowest BCUT2D eigenvalue weighted by Gasteiger charge is -2.18. The van der Waals surface area contributed by atoms with Gasteiger partial charge in [-0.1, -0.05) is 24.6 Å². The van der Waals surface area contributed by atoms with Gasteiger partial charge in [0, 0.05) is 12.8 Å². The summed E-state index contributed by atoms with van der Waals surface area (Å²) in [6.07, 6.45) is 5.52. The quantitative estimate of drug-likeness (QED) is 0.447. The molecule has 24 heavy (non-hydrogen) atoms. The van der Waals surface area contributed by atoms with E-state index >= 15 is 0 Å². The molecule has 0 radical (unpaired) electrons. The van der Waals surface area contributed by atoms with Gasteiger partial charge in [-0.25, -0.2) is 0 Å². The summed E-state index contributed by atoms with van der Waals surface area (Å²) in [4.78, 5) is 23.7. The lowest BCUT2D eigenvalue weighted by Crippen LogP contribution is -2.25. The van der Waals surface area contributed by atoms with Gasteiger partial charge in [-0.05, 0) is 58.1 Å². The third-order valence-corrected chi connectivity index (χ3v) is 3.83. The molecule has 0 bridgehead atoms. The molecule has 0 rings (SSSR count). The van der Waals surface area contributed by atoms with E-state index in [4.69, 9.17) is 0 Å². The Morgan fingerprint density at radius 2 is 1.83 bits per heavy atom. The number of hydrogen-bond acceptors (Lipinski definition) is 4. The first-order valence-corrected chi connectivity index (χ1v) is 8.39. The Labute approximate surface area is 146 Å². The van der Waals surface area contributed by atoms with E-state index in [2.05, 4.69) is 6.58 Å². The highest BCUT2D eigenvalue weighted by molar-refractivity contribution is 5.95. The highest BCUT2D eigenvalue weighted by Crippen LogP contribution is 2.18. The van der Waals surface area contributed by atoms with Gasteiger partial charge in [0.05, 0.1) is 5.60 Å². The van der Waals surface area contributed by atoms with E-state index in [1.54, 1.807) is 13.8 Å². The average Bonchev–Trinajstić information content (AvgIpc) is 2.44. The number of ketones is 2. The first kappa shape index (κ1) is 22.5. The standard InChI is InChI=1S/C20H32O4/c1-7-20(6,24)13-17(21)12-15(4)9-8-10-16(5)19(23)18(22)11-14(2)3/h7,10-11,15,19,23-24H,1,8-9,12-13H2,2-6H3. The van der Waals surface area contributed by atoms with E-state index in [0.29, 0.717) is 18.4 Å². The molecule has 0 saturated carbocycles. The van der Waals surface area contributed by atoms with Gasteiger partial charge in [0.15, 0.2) is 5.78 Å². The van der Waals surface area contributed by atoms with Gasteiger partial charge in [-0.15, -0.1) is 6.58 Å². The summed E-state index contributed by atoms with van der Waals surface area (Å²) in [6, 6.07) is 0. The van der Waals surface area contributed by atoms with Crippen LogP contribution in [0.2, 0.25) is 0 Å². The van der Waals surface area contributed by atoms with E-state index in [-0.39, 0.29) is 23.9 Å². The summed E-state index contributed by atoms with van der Waals surface area (Å²) in [7, 11) is 0. The van der Waals surface area contributed by atoms with Gasteiger partial charge in [0.1, 0.15) is 11.9 Å². The molecule has 0 aromatic rings. The van der Waals surface area contributed by atoms with Crippen molar-refractivity contribution >= 4 is 11.6 Å². The van der Waals surface area contributed by atoms with Gasteiger partial charge >= 0.3 is 0 Å². The van der Waals surface area contributed by atoms with Crippen molar-refractivity contribution in [2.75, 3.05) is 0 Å². The van der Waals surface area contributed by atoms with Crippen molar-refractivity contribution in [2.45, 2.75) is 72.0 Å². The van der Waals surface area contributed by atoms with Gasteiger partial charge < -0.3 is 10.2 Å². The lowest BCUT2D eigenvalue weighted by atomic mass is 9.92. The van der Waals surface area contributed by atoms with E-state index in [0.717, 1.165) is 12.0 Å². The molecule has 0 fully saturated rings. The molecule has 0 aromatic carbocycles. The first-order valence-electron chi connectivity index (χ1n) is 8.39. The minimum atomic E-state index is -1.15. The molecule has 0 amide bonds. The van der Waals surface area contributed by atoms with E-state index in [1.807, 2.05) is 26.8 Å². The highest BCUT2D eigenvalue weighted by Gasteiger charge is 2.21. The summed E-state index contributed by atoms with van der Waals surface area (Å²) in [5.74, 6) is -0.127. The molecule has 4 nitrogen and oxygen atoms in total. The maximum atomic E-state index is 11.9. The number of allylic oxidation sites excluding steroid dienone is 2. The molecule has 136 valence electrons. The highest BCUT2D eigenvalue weighted by atomic mass is 16.3. The predicted octanol–water partition coefficient (Wildman–Crippen LogP) is 3.53. The van der Waals surface area contributed by atoms with Crippen LogP contribution in [0.5, 0.6) is 0 Å². The Hall–Kier alpha value is -1.52. The van der Waals surface area contributed by atoms with Crippen LogP contribution >= 0.6 is 0 Å². The van der Waals surface area contributed by atoms with Crippen LogP contribution in [0.1, 0.15) is 60.3 Å². The minimum absolute atomic E-state index is 0.00636. The summed E-state index contributed by atoms with van der Waals surface area (Å²) in [5.41, 5.74) is 0.336. The fourth-order valence-electron chi connectivity index (χ4n) is 2.33. The molecular weight excluding hydrogens is 304 g/mol. The molecule has 0 aromatic heterocycles. The second-order valence-electron chi connectivity index (χ2n) is 7.14. The Bertz CT molecular complexity index is 508. The van der Waals surface area contributed by atoms with Crippen LogP contribution in [0.3, 0.4) is 0 Å². The largest absolute Gasteiger partial charge is 0.386 e. The molecular formula is C20H32O4. The molecule has 3 unspecified atom stereocenters. The second kappa shape index (κ2) is 10.4. The number of Topliss-reactive ketones (excluding diaryl/α,β-unsaturated/α-hetero) is 1. The SMILES string of the molecule is C=CC(C)(O)CC(=O)CC(C)CCC=C(C)C(O)C(=O)C=C(C)C. The van der Waals surface area contributed by atoms with E-state index in [9.17, 15) is 19.8 Å². The Morgan fingerprint density at radius 3 is 2.33 bits per heavy atom. The molecule has 0 heterocycles. The van der Waals surface area contributed by atoms with Crippen LogP contribution in [-0.2, 0) is 9.59 Å². The van der Waals surface area contributed by atoms with Crippen LogP contribution in [-0.4, -0.2) is 33.5 Å². The number of carbonyl (C=O) groups is 2. The maximum Gasteiger partial charge on any atom is 0.188 e. The average molecular weight is 336 g/mol. The third-order valence-electron chi connectivity index (χ3n) is 3.83. The first-order chi connectivity index (χ1) is 11.0. The van der Waals surface area contributed by atoms with Crippen molar-refractivity contribution in [3.8, 4) is 0 Å². The van der Waals surface area contributed by atoms with Crippen molar-refractivity contribution in [1.29, 1.82) is 0 Å². The van der Waals surface area contributed by atoms with Crippen molar-refractivity contribution in [3.05, 3.63) is 36.0 Å². The van der Waals surface area contributed by atoms with Gasteiger partial charge in [-0.3, -0.25) is 9.59 Å². The van der Waals surface area contributed by atoms with Crippen LogP contribution < -0.4 is 0 Å². The monoisotopic (exact) mass is 336 g/mol. The Morgan fingerprint density at radius 1 is 1.25 bits per heavy atom. The third kappa shape index (κ3) is 9.58. The zero-order valence-corrected chi connectivity index (χ0v) is 15.6. The fraction of sp³-hybridized carbons (Fsp3) is 0.600. The van der Waals surface area contributed by atoms with Crippen LogP contribution in [0.25, 0.3) is 0 Å². The normalized spacial score (nSPS) is 16.7. The summed E-state index contributed by atoms with van der Waals surface area (Å²) in [6.45, 7) is 12.4. The van der Waals surface area contributed by atoms with E-state index < -0.39 is 11.7 Å². The number of rotatable bonds is 11. The van der Waals surface area contributed by atoms with Crippen molar-refractivity contribution in [2.24, 2.45) is 5.92 Å². The minimum Gasteiger partial charge on any atom is -0.386 e. The van der Waals surface area contributed by atoms with Gasteiger partial charge in [0.2, 0.25) is 0 Å². The lowest BCUT2D eigenvalue weighted by molar-refractivity contribution is -0.123. The molecule has 4 heteroatoms. The molecule has 0 spiro atoms. The van der Waals surface area contributed by atoms with Crippen molar-refractivity contribution < 1.29 is 19.8 Å². The number of aliphatic hydroxyl groups is 2. The molecule has 0 aliphatic rings. The molecule has 0 aliphatic carbocycles. The molecule has 2 N–H and O–H groups in total. The number of hydrogen-bond donors (Lipinski definition) is 2. The maximum absolute atomic E-state index is 11.9. The van der Waals surface area contributed by atoms with Crippen LogP contribution in [0, 0.1) is 5.92 Å². The molecule has 3 atom stereocenters. The predicted molar refractivity (Wildman–Crippen MR) is 97.7 cm³/mol. The second-order valence-corrected chi connectivity index (χ2v) is 7.14. The Balaban J connectivity index is 4.38. The van der Waals surface area contributed by atoms with E-state index in [1.165, 1.54) is 12.2 Å². The van der Waals surface area contributed by atoms with Crippen molar-refractivity contribution in [3.63, 3.8) is 0 Å². The molecule has 0 aliphatic heterocycles. The van der Waals surface area contributed by atoms with Crippen LogP contribution in [0.15, 0.2) is 36.0 Å². The Kier molecular flexibility index (Phi) is 9.71. The smallest absolute Gasteiger partial charge is 0.188 e. The van der Waals surface area contributed by atoms with Gasteiger partial charge in [-0.2, -0.15) is 0 Å². The number of carbonyl (C=O) groups excluding carboxylic acids is 2. The zero-order valence-electron chi connectivity index (χ0n) is 15.6. The fourth-order valence-corrected chi connectivity index (χ4v) is 2.33. The van der Waals surface area contributed by atoms with Crippen LogP contribution in [0.4, 0.5) is 0 Å². The van der Waals surface area contributed by atoms with Crippen molar-refractivity contribution in [1.82, 2.24) is 0 Å². The summed E-state index contributed by atoms with van der Waals surface area (Å²) in [5, 5.41) is 19.8. The van der Waals surface area contributed by atoms with Gasteiger partial charge in [0.25, 0.3) is 0 Å². The summed E-state index contributed by atoms with van der Waals surface area (Å²) >= 11 is 0. The number of aliphatic hydroxyl groups excluding tert-OH is 1.